The SMILES string of the molecule is CCCCc1cc(N2CCC(NC(=O)O)C2)nc(Nc2ccc(C)c(C#N)c2)n1. The number of hydrogen-bond donors (Lipinski definition) is 3. The quantitative estimate of drug-likeness (QED) is 0.657. The van der Waals surface area contributed by atoms with Crippen molar-refractivity contribution in [3.05, 3.63) is 41.1 Å². The van der Waals surface area contributed by atoms with Crippen LogP contribution in [0.5, 0.6) is 0 Å². The van der Waals surface area contributed by atoms with Gasteiger partial charge in [0.2, 0.25) is 5.95 Å². The van der Waals surface area contributed by atoms with E-state index >= 15 is 0 Å². The predicted octanol–water partition coefficient (Wildman–Crippen LogP) is 3.59. The number of aromatic nitrogens is 2. The molecule has 8 nitrogen and oxygen atoms in total. The molecule has 0 aliphatic carbocycles. The van der Waals surface area contributed by atoms with Gasteiger partial charge in [-0.05, 0) is 43.9 Å². The Kier molecular flexibility index (Phi) is 6.50. The standard InChI is InChI=1S/C21H26N6O2/c1-3-4-5-16-11-19(27-9-8-18(13-27)25-21(28)29)26-20(23-16)24-17-7-6-14(2)15(10-17)12-22/h6-7,10-11,18,25H,3-5,8-9,13H2,1-2H3,(H,28,29)(H,23,24,26). The Morgan fingerprint density at radius 3 is 2.93 bits per heavy atom. The molecule has 2 aromatic rings. The minimum atomic E-state index is -1.00. The monoisotopic (exact) mass is 394 g/mol. The molecule has 1 saturated heterocycles. The zero-order valence-corrected chi connectivity index (χ0v) is 16.8. The summed E-state index contributed by atoms with van der Waals surface area (Å²) in [6, 6.07) is 9.66. The average Bonchev–Trinajstić information content (AvgIpc) is 3.15. The third-order valence-electron chi connectivity index (χ3n) is 5.01. The Bertz CT molecular complexity index is 924. The molecule has 8 heteroatoms. The van der Waals surface area contributed by atoms with E-state index in [1.54, 1.807) is 6.07 Å². The van der Waals surface area contributed by atoms with Crippen LogP contribution in [0, 0.1) is 18.3 Å². The van der Waals surface area contributed by atoms with Crippen molar-refractivity contribution in [2.24, 2.45) is 0 Å². The predicted molar refractivity (Wildman–Crippen MR) is 112 cm³/mol. The number of carboxylic acid groups (broad SMARTS) is 1. The molecule has 0 radical (unpaired) electrons. The van der Waals surface area contributed by atoms with Crippen LogP contribution in [0.25, 0.3) is 0 Å². The fourth-order valence-corrected chi connectivity index (χ4v) is 3.40. The molecule has 0 saturated carbocycles. The zero-order valence-electron chi connectivity index (χ0n) is 16.8. The topological polar surface area (TPSA) is 114 Å². The van der Waals surface area contributed by atoms with E-state index in [1.807, 2.05) is 25.1 Å². The van der Waals surface area contributed by atoms with Crippen LogP contribution in [0.2, 0.25) is 0 Å². The molecule has 1 amide bonds. The summed E-state index contributed by atoms with van der Waals surface area (Å²) in [6.07, 6.45) is 2.69. The molecular weight excluding hydrogens is 368 g/mol. The summed E-state index contributed by atoms with van der Waals surface area (Å²) in [5.74, 6) is 1.27. The lowest BCUT2D eigenvalue weighted by Crippen LogP contribution is -2.36. The van der Waals surface area contributed by atoms with Crippen LogP contribution < -0.4 is 15.5 Å². The van der Waals surface area contributed by atoms with E-state index in [0.717, 1.165) is 55.0 Å². The van der Waals surface area contributed by atoms with E-state index in [4.69, 9.17) is 5.11 Å². The summed E-state index contributed by atoms with van der Waals surface area (Å²) in [4.78, 5) is 22.3. The smallest absolute Gasteiger partial charge is 0.404 e. The van der Waals surface area contributed by atoms with Crippen molar-refractivity contribution in [1.82, 2.24) is 15.3 Å². The highest BCUT2D eigenvalue weighted by molar-refractivity contribution is 5.65. The van der Waals surface area contributed by atoms with Crippen LogP contribution in [0.1, 0.15) is 43.0 Å². The minimum Gasteiger partial charge on any atom is -0.465 e. The lowest BCUT2D eigenvalue weighted by Gasteiger charge is -2.19. The van der Waals surface area contributed by atoms with Crippen molar-refractivity contribution in [2.45, 2.75) is 45.6 Å². The highest BCUT2D eigenvalue weighted by Gasteiger charge is 2.25. The second kappa shape index (κ2) is 9.24. The molecule has 0 spiro atoms. The molecule has 1 aliphatic heterocycles. The van der Waals surface area contributed by atoms with Crippen LogP contribution in [0.4, 0.5) is 22.2 Å². The first-order valence-corrected chi connectivity index (χ1v) is 9.88. The maximum atomic E-state index is 10.9. The molecule has 2 heterocycles. The Morgan fingerprint density at radius 1 is 1.38 bits per heavy atom. The van der Waals surface area contributed by atoms with Crippen molar-refractivity contribution in [3.8, 4) is 6.07 Å². The number of anilines is 3. The average molecular weight is 394 g/mol. The van der Waals surface area contributed by atoms with E-state index in [2.05, 4.69) is 38.5 Å². The molecule has 1 atom stereocenters. The molecule has 1 aromatic heterocycles. The first-order chi connectivity index (χ1) is 14.0. The van der Waals surface area contributed by atoms with Gasteiger partial charge in [0.05, 0.1) is 17.7 Å². The fourth-order valence-electron chi connectivity index (χ4n) is 3.40. The van der Waals surface area contributed by atoms with Crippen molar-refractivity contribution in [1.29, 1.82) is 5.26 Å². The lowest BCUT2D eigenvalue weighted by molar-refractivity contribution is 0.191. The summed E-state index contributed by atoms with van der Waals surface area (Å²) in [7, 11) is 0. The van der Waals surface area contributed by atoms with E-state index < -0.39 is 6.09 Å². The van der Waals surface area contributed by atoms with Crippen molar-refractivity contribution < 1.29 is 9.90 Å². The van der Waals surface area contributed by atoms with Gasteiger partial charge in [-0.15, -0.1) is 0 Å². The summed E-state index contributed by atoms with van der Waals surface area (Å²) in [6.45, 7) is 5.35. The number of aryl methyl sites for hydroxylation is 2. The van der Waals surface area contributed by atoms with Gasteiger partial charge in [0.15, 0.2) is 0 Å². The number of nitrogens with zero attached hydrogens (tertiary/aromatic N) is 4. The molecule has 3 rings (SSSR count). The zero-order chi connectivity index (χ0) is 20.8. The van der Waals surface area contributed by atoms with Gasteiger partial charge in [-0.2, -0.15) is 10.2 Å². The second-order valence-electron chi connectivity index (χ2n) is 7.29. The lowest BCUT2D eigenvalue weighted by atomic mass is 10.1. The highest BCUT2D eigenvalue weighted by Crippen LogP contribution is 2.24. The van der Waals surface area contributed by atoms with Gasteiger partial charge in [-0.3, -0.25) is 0 Å². The van der Waals surface area contributed by atoms with Gasteiger partial charge in [-0.25, -0.2) is 9.78 Å². The van der Waals surface area contributed by atoms with Crippen molar-refractivity contribution in [3.63, 3.8) is 0 Å². The third kappa shape index (κ3) is 5.35. The molecule has 1 fully saturated rings. The van der Waals surface area contributed by atoms with Gasteiger partial charge >= 0.3 is 6.09 Å². The van der Waals surface area contributed by atoms with Crippen LogP contribution >= 0.6 is 0 Å². The maximum absolute atomic E-state index is 10.9. The molecule has 1 aromatic carbocycles. The van der Waals surface area contributed by atoms with Crippen LogP contribution in [-0.4, -0.2) is 40.3 Å². The van der Waals surface area contributed by atoms with Gasteiger partial charge in [0, 0.05) is 30.5 Å². The number of carbonyl (C=O) groups is 1. The molecule has 1 aliphatic rings. The van der Waals surface area contributed by atoms with E-state index in [9.17, 15) is 10.1 Å². The molecule has 29 heavy (non-hydrogen) atoms. The second-order valence-corrected chi connectivity index (χ2v) is 7.29. The Labute approximate surface area is 170 Å². The van der Waals surface area contributed by atoms with Crippen molar-refractivity contribution >= 4 is 23.5 Å². The first kappa shape index (κ1) is 20.4. The molecule has 152 valence electrons. The van der Waals surface area contributed by atoms with Gasteiger partial charge in [0.25, 0.3) is 0 Å². The third-order valence-corrected chi connectivity index (χ3v) is 5.01. The van der Waals surface area contributed by atoms with Crippen molar-refractivity contribution in [2.75, 3.05) is 23.3 Å². The summed E-state index contributed by atoms with van der Waals surface area (Å²) in [5, 5.41) is 24.0. The Balaban J connectivity index is 1.84. The maximum Gasteiger partial charge on any atom is 0.404 e. The summed E-state index contributed by atoms with van der Waals surface area (Å²) < 4.78 is 0. The molecular formula is C21H26N6O2. The number of nitrogens with one attached hydrogen (secondary N) is 2. The Morgan fingerprint density at radius 2 is 2.21 bits per heavy atom. The fraction of sp³-hybridized carbons (Fsp3) is 0.429. The van der Waals surface area contributed by atoms with Crippen LogP contribution in [0.3, 0.4) is 0 Å². The largest absolute Gasteiger partial charge is 0.465 e. The minimum absolute atomic E-state index is 0.103. The van der Waals surface area contributed by atoms with Gasteiger partial charge in [-0.1, -0.05) is 19.4 Å². The van der Waals surface area contributed by atoms with E-state index in [1.165, 1.54) is 0 Å². The summed E-state index contributed by atoms with van der Waals surface area (Å²) in [5.41, 5.74) is 3.24. The van der Waals surface area contributed by atoms with Gasteiger partial charge in [0.1, 0.15) is 5.82 Å². The number of rotatable bonds is 7. The number of benzene rings is 1. The van der Waals surface area contributed by atoms with Gasteiger partial charge < -0.3 is 20.6 Å². The normalized spacial score (nSPS) is 15.8. The molecule has 1 unspecified atom stereocenters. The van der Waals surface area contributed by atoms with Crippen LogP contribution in [-0.2, 0) is 6.42 Å². The highest BCUT2D eigenvalue weighted by atomic mass is 16.4. The Hall–Kier alpha value is -3.34. The molecule has 0 bridgehead atoms. The summed E-state index contributed by atoms with van der Waals surface area (Å²) >= 11 is 0. The molecule has 3 N–H and O–H groups in total. The number of nitriles is 1. The number of hydrogen-bond acceptors (Lipinski definition) is 6. The number of unbranched alkanes of at least 4 members (excludes halogenated alkanes) is 1. The van der Waals surface area contributed by atoms with Crippen LogP contribution in [0.15, 0.2) is 24.3 Å². The van der Waals surface area contributed by atoms with E-state index in [0.29, 0.717) is 18.1 Å². The number of amides is 1. The first-order valence-electron chi connectivity index (χ1n) is 9.88. The van der Waals surface area contributed by atoms with E-state index in [-0.39, 0.29) is 6.04 Å².